The quantitative estimate of drug-likeness (QED) is 0.295. The van der Waals surface area contributed by atoms with Gasteiger partial charge in [0.05, 0.1) is 22.9 Å². The molecule has 8 nitrogen and oxygen atoms in total. The van der Waals surface area contributed by atoms with Crippen molar-refractivity contribution in [1.29, 1.82) is 0 Å². The van der Waals surface area contributed by atoms with Gasteiger partial charge >= 0.3 is 0 Å². The zero-order valence-electron chi connectivity index (χ0n) is 21.6. The van der Waals surface area contributed by atoms with E-state index in [2.05, 4.69) is 46.9 Å². The number of nitrogens with zero attached hydrogens (tertiary/aromatic N) is 5. The first-order valence-corrected chi connectivity index (χ1v) is 12.2. The Hall–Kier alpha value is -4.63. The van der Waals surface area contributed by atoms with Gasteiger partial charge in [-0.05, 0) is 74.1 Å². The van der Waals surface area contributed by atoms with Crippen molar-refractivity contribution < 1.29 is 4.39 Å². The molecule has 0 aliphatic heterocycles. The van der Waals surface area contributed by atoms with Crippen molar-refractivity contribution in [3.63, 3.8) is 0 Å². The molecule has 0 bridgehead atoms. The predicted molar refractivity (Wildman–Crippen MR) is 151 cm³/mol. The zero-order chi connectivity index (χ0) is 26.6. The highest BCUT2D eigenvalue weighted by atomic mass is 19.1. The summed E-state index contributed by atoms with van der Waals surface area (Å²) in [5.41, 5.74) is 6.31. The molecule has 0 unspecified atom stereocenters. The topological polar surface area (TPSA) is 98.4 Å². The predicted octanol–water partition coefficient (Wildman–Crippen LogP) is 3.82. The van der Waals surface area contributed by atoms with E-state index in [0.717, 1.165) is 56.3 Å². The van der Waals surface area contributed by atoms with Gasteiger partial charge in [0.2, 0.25) is 0 Å². The third-order valence-electron chi connectivity index (χ3n) is 6.25. The fourth-order valence-electron chi connectivity index (χ4n) is 4.21. The molecule has 192 valence electrons. The Kier molecular flexibility index (Phi) is 7.10. The first-order valence-electron chi connectivity index (χ1n) is 12.2. The molecule has 0 saturated heterocycles. The molecule has 0 aliphatic carbocycles. The molecule has 4 heterocycles. The Labute approximate surface area is 219 Å². The number of allylic oxidation sites excluding steroid dienone is 2. The van der Waals surface area contributed by atoms with Crippen LogP contribution in [0.25, 0.3) is 51.8 Å². The maximum Gasteiger partial charge on any atom is 0.138 e. The maximum atomic E-state index is 14.6. The largest absolute Gasteiger partial charge is 0.384 e. The molecule has 0 saturated carbocycles. The second-order valence-electron chi connectivity index (χ2n) is 9.33. The molecule has 4 aromatic heterocycles. The number of fused-ring (bicyclic) bond motifs is 1. The number of hydrogen-bond acceptors (Lipinski definition) is 6. The lowest BCUT2D eigenvalue weighted by Crippen LogP contribution is -2.21. The van der Waals surface area contributed by atoms with Gasteiger partial charge in [0.1, 0.15) is 17.2 Å². The molecule has 38 heavy (non-hydrogen) atoms. The standard InChI is InChI=1S/C29H29FN8/c1-18(27-17-31-9-10-33-27)5-6-25-19(2)28(37-36-25)26-16-24-23(7-8-34-29(24)35-26)20-13-21(30)15-22(14-20)32-11-12-38(3)4/h5-10,13-17,32,36H,2,11-12H2,1,3-4H3,(H,34,35)/b18-5+,25-6+. The second kappa shape index (κ2) is 10.8. The number of H-pyrrole nitrogens is 2. The smallest absolute Gasteiger partial charge is 0.138 e. The average Bonchev–Trinajstić information content (AvgIpc) is 3.50. The van der Waals surface area contributed by atoms with Crippen molar-refractivity contribution in [3.05, 3.63) is 83.3 Å². The molecule has 0 spiro atoms. The molecule has 0 radical (unpaired) electrons. The van der Waals surface area contributed by atoms with E-state index in [-0.39, 0.29) is 5.82 Å². The Bertz CT molecular complexity index is 1720. The number of pyridine rings is 1. The first-order chi connectivity index (χ1) is 18.4. The average molecular weight is 509 g/mol. The van der Waals surface area contributed by atoms with Crippen molar-refractivity contribution in [2.24, 2.45) is 0 Å². The summed E-state index contributed by atoms with van der Waals surface area (Å²) in [5.74, 6) is -0.298. The van der Waals surface area contributed by atoms with Gasteiger partial charge in [-0.3, -0.25) is 15.1 Å². The SMILES string of the molecule is C=c1c(-c2cc3c(-c4cc(F)cc(NCCN(C)C)c4)ccnc3[nH]2)n[nH]/c1=C/C=C(\C)c1cnccn1. The molecule has 1 aromatic carbocycles. The van der Waals surface area contributed by atoms with E-state index in [1.807, 2.05) is 51.4 Å². The minimum atomic E-state index is -0.298. The number of anilines is 1. The number of hydrogen-bond donors (Lipinski definition) is 3. The Morgan fingerprint density at radius 2 is 2.00 bits per heavy atom. The van der Waals surface area contributed by atoms with E-state index in [4.69, 9.17) is 0 Å². The Morgan fingerprint density at radius 1 is 1.13 bits per heavy atom. The van der Waals surface area contributed by atoms with E-state index in [0.29, 0.717) is 17.9 Å². The van der Waals surface area contributed by atoms with Crippen molar-refractivity contribution in [1.82, 2.24) is 35.0 Å². The number of rotatable bonds is 8. The van der Waals surface area contributed by atoms with Gasteiger partial charge in [-0.1, -0.05) is 12.7 Å². The highest BCUT2D eigenvalue weighted by Gasteiger charge is 2.13. The van der Waals surface area contributed by atoms with Crippen LogP contribution in [0, 0.1) is 5.82 Å². The molecule has 3 N–H and O–H groups in total. The minimum absolute atomic E-state index is 0.298. The van der Waals surface area contributed by atoms with Gasteiger partial charge in [0.15, 0.2) is 0 Å². The number of benzene rings is 1. The van der Waals surface area contributed by atoms with E-state index < -0.39 is 0 Å². The Morgan fingerprint density at radius 3 is 2.79 bits per heavy atom. The van der Waals surface area contributed by atoms with Crippen LogP contribution in [0.5, 0.6) is 0 Å². The Balaban J connectivity index is 1.48. The lowest BCUT2D eigenvalue weighted by molar-refractivity contribution is 0.425. The van der Waals surface area contributed by atoms with E-state index >= 15 is 0 Å². The van der Waals surface area contributed by atoms with Gasteiger partial charge in [-0.2, -0.15) is 5.10 Å². The molecule has 0 amide bonds. The zero-order valence-corrected chi connectivity index (χ0v) is 21.6. The fraction of sp³-hybridized carbons (Fsp3) is 0.172. The maximum absolute atomic E-state index is 14.6. The molecule has 5 aromatic rings. The molecular weight excluding hydrogens is 479 g/mol. The lowest BCUT2D eigenvalue weighted by Gasteiger charge is -2.13. The van der Waals surface area contributed by atoms with Crippen LogP contribution in [0.3, 0.4) is 0 Å². The van der Waals surface area contributed by atoms with Crippen molar-refractivity contribution in [2.75, 3.05) is 32.5 Å². The van der Waals surface area contributed by atoms with Crippen LogP contribution in [-0.4, -0.2) is 62.2 Å². The molecule has 9 heteroatoms. The number of aromatic nitrogens is 6. The van der Waals surface area contributed by atoms with Crippen LogP contribution in [0.15, 0.2) is 61.2 Å². The van der Waals surface area contributed by atoms with Crippen molar-refractivity contribution in [3.8, 4) is 22.5 Å². The normalized spacial score (nSPS) is 12.6. The molecule has 5 rings (SSSR count). The summed E-state index contributed by atoms with van der Waals surface area (Å²) in [6.45, 7) is 7.77. The summed E-state index contributed by atoms with van der Waals surface area (Å²) >= 11 is 0. The summed E-state index contributed by atoms with van der Waals surface area (Å²) in [7, 11) is 4.01. The number of aromatic amines is 2. The molecule has 0 fully saturated rings. The van der Waals surface area contributed by atoms with E-state index in [1.54, 1.807) is 30.9 Å². The second-order valence-corrected chi connectivity index (χ2v) is 9.33. The van der Waals surface area contributed by atoms with Gasteiger partial charge in [0.25, 0.3) is 0 Å². The third-order valence-corrected chi connectivity index (χ3v) is 6.25. The van der Waals surface area contributed by atoms with Gasteiger partial charge < -0.3 is 15.2 Å². The summed E-state index contributed by atoms with van der Waals surface area (Å²) in [4.78, 5) is 18.4. The first kappa shape index (κ1) is 25.0. The summed E-state index contributed by atoms with van der Waals surface area (Å²) in [5, 5.41) is 13.3. The molecular formula is C29H29FN8. The highest BCUT2D eigenvalue weighted by molar-refractivity contribution is 5.96. The highest BCUT2D eigenvalue weighted by Crippen LogP contribution is 2.32. The number of halogens is 1. The van der Waals surface area contributed by atoms with Gasteiger partial charge in [-0.25, -0.2) is 9.37 Å². The summed E-state index contributed by atoms with van der Waals surface area (Å²) in [6.07, 6.45) is 10.6. The summed E-state index contributed by atoms with van der Waals surface area (Å²) < 4.78 is 14.6. The minimum Gasteiger partial charge on any atom is -0.384 e. The molecule has 0 aliphatic rings. The number of nitrogens with one attached hydrogen (secondary N) is 3. The van der Waals surface area contributed by atoms with Crippen LogP contribution >= 0.6 is 0 Å². The third kappa shape index (κ3) is 5.37. The fourth-order valence-corrected chi connectivity index (χ4v) is 4.21. The number of likely N-dealkylation sites (N-methyl/N-ethyl adjacent to an activating group) is 1. The van der Waals surface area contributed by atoms with E-state index in [9.17, 15) is 4.39 Å². The van der Waals surface area contributed by atoms with Crippen LogP contribution in [0.4, 0.5) is 10.1 Å². The van der Waals surface area contributed by atoms with Crippen LogP contribution in [0.2, 0.25) is 0 Å². The molecule has 0 atom stereocenters. The van der Waals surface area contributed by atoms with Crippen molar-refractivity contribution in [2.45, 2.75) is 6.92 Å². The van der Waals surface area contributed by atoms with Crippen molar-refractivity contribution >= 4 is 34.9 Å². The van der Waals surface area contributed by atoms with Gasteiger partial charge in [-0.15, -0.1) is 0 Å². The lowest BCUT2D eigenvalue weighted by atomic mass is 10.0. The van der Waals surface area contributed by atoms with Crippen LogP contribution in [0.1, 0.15) is 12.6 Å². The van der Waals surface area contributed by atoms with Crippen LogP contribution < -0.4 is 15.9 Å². The van der Waals surface area contributed by atoms with E-state index in [1.165, 1.54) is 6.07 Å². The van der Waals surface area contributed by atoms with Crippen LogP contribution in [-0.2, 0) is 0 Å². The monoisotopic (exact) mass is 508 g/mol. The summed E-state index contributed by atoms with van der Waals surface area (Å²) in [6, 6.07) is 8.89. The van der Waals surface area contributed by atoms with Gasteiger partial charge in [0, 0.05) is 48.0 Å².